The third kappa shape index (κ3) is 4.93. The highest BCUT2D eigenvalue weighted by Crippen LogP contribution is 2.35. The summed E-state index contributed by atoms with van der Waals surface area (Å²) in [4.78, 5) is 12.3. The molecule has 0 bridgehead atoms. The monoisotopic (exact) mass is 427 g/mol. The van der Waals surface area contributed by atoms with Crippen LogP contribution in [0, 0.1) is 0 Å². The number of carbonyl (C=O) groups excluding carboxylic acids is 1. The van der Waals surface area contributed by atoms with Crippen LogP contribution in [0.5, 0.6) is 11.5 Å². The van der Waals surface area contributed by atoms with Crippen molar-refractivity contribution in [1.82, 2.24) is 14.9 Å². The Hall–Kier alpha value is -2.04. The fourth-order valence-electron chi connectivity index (χ4n) is 3.67. The fourth-order valence-corrected chi connectivity index (χ4v) is 5.13. The summed E-state index contributed by atoms with van der Waals surface area (Å²) in [6.07, 6.45) is 1.65. The largest absolute Gasteiger partial charge is 0.486 e. The minimum atomic E-state index is -3.67. The molecule has 3 rings (SSSR count). The molecule has 0 spiro atoms. The number of carbonyl (C=O) groups is 1. The molecule has 1 saturated heterocycles. The van der Waals surface area contributed by atoms with Crippen molar-refractivity contribution in [1.29, 1.82) is 0 Å². The van der Waals surface area contributed by atoms with Gasteiger partial charge in [0, 0.05) is 45.0 Å². The highest BCUT2D eigenvalue weighted by molar-refractivity contribution is 7.89. The minimum Gasteiger partial charge on any atom is -0.486 e. The molecule has 2 aliphatic rings. The van der Waals surface area contributed by atoms with Crippen LogP contribution in [0.3, 0.4) is 0 Å². The third-order valence-electron chi connectivity index (χ3n) is 5.33. The molecular formula is C19H29N3O6S. The molecule has 1 fully saturated rings. The number of rotatable bonds is 7. The summed E-state index contributed by atoms with van der Waals surface area (Å²) < 4.78 is 43.9. The quantitative estimate of drug-likeness (QED) is 0.680. The van der Waals surface area contributed by atoms with Gasteiger partial charge in [0.05, 0.1) is 4.90 Å². The number of benzene rings is 1. The zero-order chi connectivity index (χ0) is 20.9. The molecule has 2 heterocycles. The van der Waals surface area contributed by atoms with E-state index in [2.05, 4.69) is 10.6 Å². The lowest BCUT2D eigenvalue weighted by atomic mass is 9.85. The molecule has 0 atom stereocenters. The molecule has 0 unspecified atom stereocenters. The van der Waals surface area contributed by atoms with E-state index in [0.717, 1.165) is 0 Å². The highest BCUT2D eigenvalue weighted by atomic mass is 32.2. The van der Waals surface area contributed by atoms with Gasteiger partial charge >= 0.3 is 6.03 Å². The maximum absolute atomic E-state index is 13.1. The van der Waals surface area contributed by atoms with Gasteiger partial charge in [-0.05, 0) is 38.3 Å². The first-order valence-corrected chi connectivity index (χ1v) is 11.3. The summed E-state index contributed by atoms with van der Waals surface area (Å²) in [6.45, 7) is 4.34. The van der Waals surface area contributed by atoms with Gasteiger partial charge in [-0.1, -0.05) is 0 Å². The van der Waals surface area contributed by atoms with E-state index in [4.69, 9.17) is 14.2 Å². The molecule has 9 nitrogen and oxygen atoms in total. The number of nitrogens with one attached hydrogen (secondary N) is 2. The van der Waals surface area contributed by atoms with Crippen LogP contribution in [0.1, 0.15) is 26.2 Å². The van der Waals surface area contributed by atoms with Crippen molar-refractivity contribution in [3.8, 4) is 11.5 Å². The SMILES string of the molecule is CCNC(=O)NC1(CCOC)CCN(S(=O)(=O)c2ccc3c(c2)OCCO3)CC1. The highest BCUT2D eigenvalue weighted by Gasteiger charge is 2.39. The first kappa shape index (κ1) is 21.7. The Morgan fingerprint density at radius 1 is 1.21 bits per heavy atom. The maximum Gasteiger partial charge on any atom is 0.315 e. The number of fused-ring (bicyclic) bond motifs is 1. The first-order valence-electron chi connectivity index (χ1n) is 9.85. The topological polar surface area (TPSA) is 106 Å². The van der Waals surface area contributed by atoms with Crippen LogP contribution in [0.25, 0.3) is 0 Å². The lowest BCUT2D eigenvalue weighted by molar-refractivity contribution is 0.122. The summed E-state index contributed by atoms with van der Waals surface area (Å²) in [6, 6.07) is 4.45. The molecule has 1 aromatic carbocycles. The number of amides is 2. The van der Waals surface area contributed by atoms with E-state index in [-0.39, 0.29) is 10.9 Å². The zero-order valence-corrected chi connectivity index (χ0v) is 17.7. The second-order valence-electron chi connectivity index (χ2n) is 7.22. The van der Waals surface area contributed by atoms with Gasteiger partial charge in [-0.15, -0.1) is 0 Å². The van der Waals surface area contributed by atoms with Crippen LogP contribution in [0.4, 0.5) is 4.79 Å². The molecule has 0 aliphatic carbocycles. The second-order valence-corrected chi connectivity index (χ2v) is 9.16. The number of piperidine rings is 1. The van der Waals surface area contributed by atoms with E-state index < -0.39 is 15.6 Å². The van der Waals surface area contributed by atoms with Gasteiger partial charge in [0.15, 0.2) is 11.5 Å². The molecule has 0 saturated carbocycles. The zero-order valence-electron chi connectivity index (χ0n) is 16.9. The van der Waals surface area contributed by atoms with Crippen molar-refractivity contribution in [2.45, 2.75) is 36.6 Å². The molecule has 0 aromatic heterocycles. The average Bonchev–Trinajstić information content (AvgIpc) is 2.72. The van der Waals surface area contributed by atoms with Gasteiger partial charge in [-0.2, -0.15) is 4.31 Å². The standard InChI is InChI=1S/C19H29N3O6S/c1-3-20-18(23)21-19(8-11-26-2)6-9-22(10-7-19)29(24,25)15-4-5-16-17(14-15)28-13-12-27-16/h4-5,14H,3,6-13H2,1-2H3,(H2,20,21,23). The number of urea groups is 1. The molecule has 1 aromatic rings. The molecule has 162 valence electrons. The number of hydrogen-bond donors (Lipinski definition) is 2. The van der Waals surface area contributed by atoms with Crippen LogP contribution < -0.4 is 20.1 Å². The molecular weight excluding hydrogens is 398 g/mol. The second kappa shape index (κ2) is 9.19. The lowest BCUT2D eigenvalue weighted by Crippen LogP contribution is -2.58. The van der Waals surface area contributed by atoms with Crippen LogP contribution in [0.2, 0.25) is 0 Å². The van der Waals surface area contributed by atoms with Crippen LogP contribution >= 0.6 is 0 Å². The van der Waals surface area contributed by atoms with Crippen molar-refractivity contribution < 1.29 is 27.4 Å². The average molecular weight is 428 g/mol. The summed E-state index contributed by atoms with van der Waals surface area (Å²) >= 11 is 0. The van der Waals surface area contributed by atoms with E-state index in [1.807, 2.05) is 6.92 Å². The Labute approximate surface area is 171 Å². The summed E-state index contributed by atoms with van der Waals surface area (Å²) in [5, 5.41) is 5.77. The van der Waals surface area contributed by atoms with Gasteiger partial charge in [0.1, 0.15) is 13.2 Å². The Morgan fingerprint density at radius 3 is 2.55 bits per heavy atom. The number of hydrogen-bond acceptors (Lipinski definition) is 6. The van der Waals surface area contributed by atoms with Gasteiger partial charge in [-0.3, -0.25) is 0 Å². The van der Waals surface area contributed by atoms with Crippen LogP contribution in [0.15, 0.2) is 23.1 Å². The number of nitrogens with zero attached hydrogens (tertiary/aromatic N) is 1. The summed E-state index contributed by atoms with van der Waals surface area (Å²) in [7, 11) is -2.05. The molecule has 29 heavy (non-hydrogen) atoms. The maximum atomic E-state index is 13.1. The van der Waals surface area contributed by atoms with E-state index >= 15 is 0 Å². The smallest absolute Gasteiger partial charge is 0.315 e. The van der Waals surface area contributed by atoms with E-state index in [1.54, 1.807) is 19.2 Å². The molecule has 2 amide bonds. The normalized spacial score (nSPS) is 18.8. The lowest BCUT2D eigenvalue weighted by Gasteiger charge is -2.41. The van der Waals surface area contributed by atoms with Crippen LogP contribution in [-0.2, 0) is 14.8 Å². The van der Waals surface area contributed by atoms with Gasteiger partial charge < -0.3 is 24.8 Å². The predicted molar refractivity (Wildman–Crippen MR) is 107 cm³/mol. The van der Waals surface area contributed by atoms with Crippen molar-refractivity contribution in [3.63, 3.8) is 0 Å². The molecule has 2 aliphatic heterocycles. The first-order chi connectivity index (χ1) is 13.9. The summed E-state index contributed by atoms with van der Waals surface area (Å²) in [5.74, 6) is 1.00. The van der Waals surface area contributed by atoms with Gasteiger partial charge in [0.25, 0.3) is 0 Å². The molecule has 2 N–H and O–H groups in total. The van der Waals surface area contributed by atoms with E-state index in [0.29, 0.717) is 70.2 Å². The van der Waals surface area contributed by atoms with Crippen molar-refractivity contribution >= 4 is 16.1 Å². The van der Waals surface area contributed by atoms with Gasteiger partial charge in [-0.25, -0.2) is 13.2 Å². The fraction of sp³-hybridized carbons (Fsp3) is 0.632. The molecule has 0 radical (unpaired) electrons. The number of sulfonamides is 1. The van der Waals surface area contributed by atoms with E-state index in [9.17, 15) is 13.2 Å². The van der Waals surface area contributed by atoms with E-state index in [1.165, 1.54) is 10.4 Å². The molecule has 10 heteroatoms. The number of methoxy groups -OCH3 is 1. The Bertz CT molecular complexity index is 821. The Balaban J connectivity index is 1.72. The van der Waals surface area contributed by atoms with Crippen molar-refractivity contribution in [2.24, 2.45) is 0 Å². The number of ether oxygens (including phenoxy) is 3. The Kier molecular flexibility index (Phi) is 6.86. The Morgan fingerprint density at radius 2 is 1.90 bits per heavy atom. The van der Waals surface area contributed by atoms with Crippen molar-refractivity contribution in [3.05, 3.63) is 18.2 Å². The van der Waals surface area contributed by atoms with Crippen LogP contribution in [-0.4, -0.2) is 70.9 Å². The summed E-state index contributed by atoms with van der Waals surface area (Å²) in [5.41, 5.74) is -0.492. The predicted octanol–water partition coefficient (Wildman–Crippen LogP) is 1.34. The third-order valence-corrected chi connectivity index (χ3v) is 7.23. The van der Waals surface area contributed by atoms with Gasteiger partial charge in [0.2, 0.25) is 10.0 Å². The minimum absolute atomic E-state index is 0.183. The van der Waals surface area contributed by atoms with Crippen molar-refractivity contribution in [2.75, 3.05) is 46.6 Å².